The van der Waals surface area contributed by atoms with Gasteiger partial charge in [-0.15, -0.1) is 0 Å². The molecule has 0 amide bonds. The molecule has 5 rings (SSSR count). The lowest BCUT2D eigenvalue weighted by Crippen LogP contribution is -2.50. The van der Waals surface area contributed by atoms with Crippen LogP contribution < -0.4 is 9.47 Å². The summed E-state index contributed by atoms with van der Waals surface area (Å²) >= 11 is 0. The van der Waals surface area contributed by atoms with E-state index >= 15 is 0 Å². The minimum atomic E-state index is -0.581. The van der Waals surface area contributed by atoms with Crippen molar-refractivity contribution in [2.24, 2.45) is 11.8 Å². The van der Waals surface area contributed by atoms with Crippen molar-refractivity contribution in [3.05, 3.63) is 64.9 Å². The summed E-state index contributed by atoms with van der Waals surface area (Å²) in [5.74, 6) is 0.341. The van der Waals surface area contributed by atoms with Crippen LogP contribution in [0, 0.1) is 18.8 Å². The van der Waals surface area contributed by atoms with Gasteiger partial charge in [-0.25, -0.2) is 4.79 Å². The first-order chi connectivity index (χ1) is 20.3. The second-order valence-electron chi connectivity index (χ2n) is 11.2. The Morgan fingerprint density at radius 3 is 2.62 bits per heavy atom. The van der Waals surface area contributed by atoms with Crippen LogP contribution in [-0.2, 0) is 36.8 Å². The highest BCUT2D eigenvalue weighted by Crippen LogP contribution is 2.36. The summed E-state index contributed by atoms with van der Waals surface area (Å²) in [6.45, 7) is 4.43. The normalized spacial score (nSPS) is 22.6. The Kier molecular flexibility index (Phi) is 9.18. The van der Waals surface area contributed by atoms with Crippen molar-refractivity contribution < 1.29 is 33.3 Å². The van der Waals surface area contributed by atoms with E-state index in [1.54, 1.807) is 27.4 Å². The van der Waals surface area contributed by atoms with Gasteiger partial charge in [-0.3, -0.25) is 9.69 Å². The Morgan fingerprint density at radius 1 is 1.05 bits per heavy atom. The molecule has 224 valence electrons. The fourth-order valence-electron chi connectivity index (χ4n) is 6.50. The van der Waals surface area contributed by atoms with Gasteiger partial charge in [0.25, 0.3) is 0 Å². The first-order valence-electron chi connectivity index (χ1n) is 14.4. The van der Waals surface area contributed by atoms with Gasteiger partial charge in [-0.2, -0.15) is 0 Å². The summed E-state index contributed by atoms with van der Waals surface area (Å²) in [5, 5.41) is 1.24. The molecule has 4 atom stereocenters. The molecule has 1 aliphatic heterocycles. The molecule has 42 heavy (non-hydrogen) atoms. The van der Waals surface area contributed by atoms with Gasteiger partial charge in [0.05, 0.1) is 27.2 Å². The molecular formula is C33H40N2O7. The zero-order valence-electron chi connectivity index (χ0n) is 25.0. The molecule has 9 heteroatoms. The number of H-pyrrole nitrogens is 1. The predicted octanol–water partition coefficient (Wildman–Crippen LogP) is 4.69. The Morgan fingerprint density at radius 2 is 1.88 bits per heavy atom. The van der Waals surface area contributed by atoms with E-state index in [1.165, 1.54) is 29.8 Å². The average Bonchev–Trinajstić information content (AvgIpc) is 3.36. The highest BCUT2D eigenvalue weighted by atomic mass is 16.6. The number of esters is 2. The Labute approximate surface area is 246 Å². The molecule has 0 spiro atoms. The zero-order valence-corrected chi connectivity index (χ0v) is 25.0. The average molecular weight is 577 g/mol. The molecule has 1 saturated carbocycles. The molecule has 0 unspecified atom stereocenters. The van der Waals surface area contributed by atoms with E-state index in [-0.39, 0.29) is 11.9 Å². The molecule has 1 aliphatic carbocycles. The summed E-state index contributed by atoms with van der Waals surface area (Å²) in [6, 6.07) is 11.9. The first kappa shape index (κ1) is 29.7. The number of hydrogen-bond donors (Lipinski definition) is 1. The number of ether oxygens (including phenoxy) is 5. The number of aryl methyl sites for hydroxylation is 1. The highest BCUT2D eigenvalue weighted by molar-refractivity contribution is 5.87. The van der Waals surface area contributed by atoms with Crippen LogP contribution >= 0.6 is 0 Å². The van der Waals surface area contributed by atoms with Crippen LogP contribution in [0.3, 0.4) is 0 Å². The molecule has 1 aromatic heterocycles. The number of carbonyl (C=O) groups excluding carboxylic acids is 2. The van der Waals surface area contributed by atoms with Crippen molar-refractivity contribution in [3.63, 3.8) is 0 Å². The van der Waals surface area contributed by atoms with Crippen LogP contribution in [-0.4, -0.2) is 75.6 Å². The monoisotopic (exact) mass is 576 g/mol. The van der Waals surface area contributed by atoms with Gasteiger partial charge >= 0.3 is 11.9 Å². The number of methoxy groups -OCH3 is 4. The van der Waals surface area contributed by atoms with Crippen molar-refractivity contribution in [1.29, 1.82) is 0 Å². The maximum Gasteiger partial charge on any atom is 0.331 e. The molecule has 2 heterocycles. The zero-order chi connectivity index (χ0) is 29.8. The van der Waals surface area contributed by atoms with Crippen LogP contribution in [0.5, 0.6) is 11.5 Å². The van der Waals surface area contributed by atoms with Crippen LogP contribution in [0.1, 0.15) is 35.2 Å². The van der Waals surface area contributed by atoms with Crippen molar-refractivity contribution in [3.8, 4) is 11.5 Å². The lowest BCUT2D eigenvalue weighted by atomic mass is 9.77. The van der Waals surface area contributed by atoms with E-state index in [0.717, 1.165) is 54.2 Å². The number of hydrogen-bond acceptors (Lipinski definition) is 8. The predicted molar refractivity (Wildman–Crippen MR) is 160 cm³/mol. The third kappa shape index (κ3) is 6.32. The van der Waals surface area contributed by atoms with Gasteiger partial charge < -0.3 is 28.7 Å². The second kappa shape index (κ2) is 13.0. The number of nitrogens with one attached hydrogen (secondary N) is 1. The molecule has 0 bridgehead atoms. The van der Waals surface area contributed by atoms with Crippen LogP contribution in [0.25, 0.3) is 17.0 Å². The van der Waals surface area contributed by atoms with E-state index in [4.69, 9.17) is 23.7 Å². The number of fused-ring (bicyclic) bond motifs is 3. The number of carbonyl (C=O) groups is 2. The second-order valence-corrected chi connectivity index (χ2v) is 11.2. The van der Waals surface area contributed by atoms with Gasteiger partial charge in [0.2, 0.25) is 0 Å². The lowest BCUT2D eigenvalue weighted by molar-refractivity contribution is -0.173. The number of rotatable bonds is 9. The summed E-state index contributed by atoms with van der Waals surface area (Å²) in [5.41, 5.74) is 5.48. The smallest absolute Gasteiger partial charge is 0.331 e. The third-order valence-corrected chi connectivity index (χ3v) is 8.58. The molecule has 9 nitrogen and oxygen atoms in total. The van der Waals surface area contributed by atoms with Gasteiger partial charge in [0, 0.05) is 55.5 Å². The van der Waals surface area contributed by atoms with Crippen molar-refractivity contribution >= 4 is 28.9 Å². The fourth-order valence-corrected chi connectivity index (χ4v) is 6.50. The van der Waals surface area contributed by atoms with Crippen LogP contribution in [0.2, 0.25) is 0 Å². The Balaban J connectivity index is 1.29. The Hall–Kier alpha value is -3.82. The minimum Gasteiger partial charge on any atom is -0.497 e. The van der Waals surface area contributed by atoms with E-state index in [0.29, 0.717) is 12.8 Å². The van der Waals surface area contributed by atoms with Crippen LogP contribution in [0.4, 0.5) is 0 Å². The van der Waals surface area contributed by atoms with E-state index < -0.39 is 24.1 Å². The Bertz CT molecular complexity index is 1460. The topological polar surface area (TPSA) is 99.3 Å². The SMILES string of the molecule is COC(=O)[C@H]1C[C@@H](CN2CCc3c([nH]c4cc(OC)ccc34)C2)C[C@@H](OC(=O)/C=C/c2ccc(C)c(OC)c2)[C@@H]1OC. The number of aromatic nitrogens is 1. The summed E-state index contributed by atoms with van der Waals surface area (Å²) < 4.78 is 27.6. The molecule has 0 saturated heterocycles. The summed E-state index contributed by atoms with van der Waals surface area (Å²) in [7, 11) is 6.23. The first-order valence-corrected chi connectivity index (χ1v) is 14.4. The van der Waals surface area contributed by atoms with Gasteiger partial charge in [-0.1, -0.05) is 12.1 Å². The molecule has 1 fully saturated rings. The molecule has 0 radical (unpaired) electrons. The number of nitrogens with zero attached hydrogens (tertiary/aromatic N) is 1. The maximum atomic E-state index is 12.9. The fraction of sp³-hybridized carbons (Fsp3) is 0.455. The summed E-state index contributed by atoms with van der Waals surface area (Å²) in [6.07, 6.45) is 4.08. The largest absolute Gasteiger partial charge is 0.497 e. The maximum absolute atomic E-state index is 12.9. The van der Waals surface area contributed by atoms with E-state index in [1.807, 2.05) is 37.3 Å². The quantitative estimate of drug-likeness (QED) is 0.289. The van der Waals surface area contributed by atoms with Crippen molar-refractivity contribution in [1.82, 2.24) is 9.88 Å². The molecule has 2 aromatic carbocycles. The van der Waals surface area contributed by atoms with Crippen LogP contribution in [0.15, 0.2) is 42.5 Å². The molecule has 1 N–H and O–H groups in total. The molecule has 3 aromatic rings. The number of aromatic amines is 1. The van der Waals surface area contributed by atoms with Gasteiger partial charge in [-0.05, 0) is 73.1 Å². The summed E-state index contributed by atoms with van der Waals surface area (Å²) in [4.78, 5) is 31.8. The van der Waals surface area contributed by atoms with Crippen molar-refractivity contribution in [2.75, 3.05) is 41.5 Å². The molecular weight excluding hydrogens is 536 g/mol. The minimum absolute atomic E-state index is 0.120. The number of benzene rings is 2. The van der Waals surface area contributed by atoms with E-state index in [2.05, 4.69) is 16.0 Å². The standard InChI is InChI=1S/C33H40N2O7/c1-20-6-7-21(15-29(20)39-3)8-11-31(36)42-30-16-22(14-26(32(30)40-4)33(37)41-5)18-35-13-12-25-24-10-9-23(38-2)17-27(24)34-28(25)19-35/h6-11,15,17,22,26,30,32,34H,12-14,16,18-19H2,1-5H3/b11-8+/t22-,26+,30-,32-/m1/s1. The third-order valence-electron chi connectivity index (χ3n) is 8.58. The lowest BCUT2D eigenvalue weighted by Gasteiger charge is -2.41. The highest BCUT2D eigenvalue weighted by Gasteiger charge is 2.44. The van der Waals surface area contributed by atoms with E-state index in [9.17, 15) is 9.59 Å². The van der Waals surface area contributed by atoms with Gasteiger partial charge in [0.1, 0.15) is 23.7 Å². The molecule has 2 aliphatic rings. The van der Waals surface area contributed by atoms with Crippen molar-refractivity contribution in [2.45, 2.75) is 44.9 Å². The van der Waals surface area contributed by atoms with Gasteiger partial charge in [0.15, 0.2) is 0 Å².